The lowest BCUT2D eigenvalue weighted by atomic mass is 9.68. The van der Waals surface area contributed by atoms with E-state index >= 15 is 0 Å². The molecule has 6 aliphatic heterocycles. The molecule has 738 valence electrons. The molecule has 19 rings (SSSR count). The Morgan fingerprint density at radius 2 is 0.693 bits per heavy atom. The van der Waals surface area contributed by atoms with Crippen LogP contribution in [0.5, 0.6) is 0 Å². The van der Waals surface area contributed by atoms with Crippen LogP contribution in [0.3, 0.4) is 0 Å². The first kappa shape index (κ1) is 99.2. The van der Waals surface area contributed by atoms with Crippen molar-refractivity contribution in [1.29, 1.82) is 0 Å². The first-order chi connectivity index (χ1) is 66.7. The molecule has 43 heteroatoms. The molecule has 1 saturated carbocycles. The van der Waals surface area contributed by atoms with E-state index in [2.05, 4.69) is 61.1 Å². The van der Waals surface area contributed by atoms with Gasteiger partial charge in [-0.05, 0) is 96.9 Å². The van der Waals surface area contributed by atoms with Gasteiger partial charge in [-0.1, -0.05) is 99.0 Å². The highest BCUT2D eigenvalue weighted by atomic mass is 19.3. The van der Waals surface area contributed by atoms with Crippen LogP contribution in [0.25, 0.3) is 44.1 Å². The highest BCUT2D eigenvalue weighted by molar-refractivity contribution is 6.03. The number of aliphatic hydroxyl groups is 1. The minimum atomic E-state index is -2.96. The summed E-state index contributed by atoms with van der Waals surface area (Å²) in [6.45, 7) is 12.8. The highest BCUT2D eigenvalue weighted by Crippen LogP contribution is 2.46. The maximum absolute atomic E-state index is 14.7. The number of β-amino-alcohol motifs (C(OH)–C–C–N with tert-alkyl or cyclic N) is 1. The number of alkyl halides is 8. The number of hydrogen-bond donors (Lipinski definition) is 5. The van der Waals surface area contributed by atoms with Crippen LogP contribution in [-0.2, 0) is 37.7 Å². The summed E-state index contributed by atoms with van der Waals surface area (Å²) in [4.78, 5) is 145. The molecule has 7 fully saturated rings. The van der Waals surface area contributed by atoms with Gasteiger partial charge < -0.3 is 55.4 Å². The Balaban J connectivity index is 0.000000135. The van der Waals surface area contributed by atoms with E-state index in [4.69, 9.17) is 9.47 Å². The normalized spacial score (nSPS) is 17.3. The first-order valence-corrected chi connectivity index (χ1v) is 45.6. The fourth-order valence-corrected chi connectivity index (χ4v) is 19.5. The lowest BCUT2D eigenvalue weighted by Gasteiger charge is -2.52. The first-order valence-electron chi connectivity index (χ1n) is 45.6. The number of hydrogen-bond acceptors (Lipinski definition) is 23. The number of ether oxygens (including phenoxy) is 2. The van der Waals surface area contributed by atoms with Gasteiger partial charge in [0.1, 0.15) is 122 Å². The van der Waals surface area contributed by atoms with Gasteiger partial charge in [-0.15, -0.1) is 0 Å². The van der Waals surface area contributed by atoms with Gasteiger partial charge in [-0.2, -0.15) is 0 Å². The lowest BCUT2D eigenvalue weighted by molar-refractivity contribution is -0.109. The summed E-state index contributed by atoms with van der Waals surface area (Å²) < 4.78 is 180. The molecule has 12 aromatic rings. The van der Waals surface area contributed by atoms with Crippen LogP contribution >= 0.6 is 0 Å². The maximum atomic E-state index is 14.7. The standard InChI is InChI=1S/C26H28F3N5O2.2C24H24F3N5O3.C23H24F3N5O3/c1-15(16-7-6-8-17(20(16)27)21(28)29)32-22-18-11-19(24(35)33(2)23(18)31-14-30-22)25(36)34-12-26(13-34)9-4-3-5-10-26;1-13(14-5-3-6-15(18(14)25)19(26)27)30-20-16-9-17(22(33)31(2)21(16)29-12-28-20)23(34)32-10-24(11-32)7-4-8-35-24;1-13(14-5-3-6-15(18(14)25)19(26)27)30-20-16-9-17(22(33)31(2)21(16)29-12-28-20)23(34)32-8-4-7-24(32)10-35-11-24;1-4-23(34)9-31(10-23)22(33)16-8-15-19(27-11-28-20(15)30(3)21(16)32)29-12(2)13-6-5-7-14(17(13)24)18(25)26/h6-8,11,14-15,21H,3-5,9-10,12-13H2,1-2H3,(H,30,31,32);2*3,5-6,9,12-13,19H,4,7-8,10-11H2,1-2H3,(H,28,29,30);5-8,11-12,18,34H,4,9-10H2,1-3H3,(H,27,28,29)/t15-;2*13-;12-/m1111/s1. The molecule has 31 nitrogen and oxygen atoms in total. The van der Waals surface area contributed by atoms with E-state index in [0.717, 1.165) is 62.8 Å². The Bertz CT molecular complexity index is 7090. The van der Waals surface area contributed by atoms with Crippen LogP contribution in [0.1, 0.15) is 235 Å². The largest absolute Gasteiger partial charge is 0.386 e. The van der Waals surface area contributed by atoms with Crippen LogP contribution in [0.15, 0.2) is 142 Å². The lowest BCUT2D eigenvalue weighted by Crippen LogP contribution is -2.63. The third-order valence-corrected chi connectivity index (χ3v) is 27.6. The van der Waals surface area contributed by atoms with Crippen molar-refractivity contribution >= 4 is 91.0 Å². The molecule has 4 amide bonds. The minimum absolute atomic E-state index is 0.0186. The number of fused-ring (bicyclic) bond motifs is 4. The number of anilines is 4. The van der Waals surface area contributed by atoms with Crippen molar-refractivity contribution in [3.63, 3.8) is 0 Å². The van der Waals surface area contributed by atoms with E-state index in [0.29, 0.717) is 86.2 Å². The maximum Gasteiger partial charge on any atom is 0.266 e. The topological polar surface area (TPSA) is 359 Å². The molecule has 0 radical (unpaired) electrons. The van der Waals surface area contributed by atoms with Crippen molar-refractivity contribution in [3.05, 3.63) is 254 Å². The van der Waals surface area contributed by atoms with Gasteiger partial charge in [0.15, 0.2) is 0 Å². The van der Waals surface area contributed by atoms with Crippen molar-refractivity contribution in [1.82, 2.24) is 77.7 Å². The van der Waals surface area contributed by atoms with Gasteiger partial charge >= 0.3 is 0 Å². The molecular formula is C97H100F12N20O11. The van der Waals surface area contributed by atoms with E-state index in [9.17, 15) is 96.1 Å². The number of nitrogens with one attached hydrogen (secondary N) is 4. The Morgan fingerprint density at radius 1 is 0.393 bits per heavy atom. The number of likely N-dealkylation sites (tertiary alicyclic amines) is 4. The number of halogens is 12. The molecule has 1 aliphatic carbocycles. The van der Waals surface area contributed by atoms with Crippen LogP contribution in [-0.4, -0.2) is 189 Å². The second-order valence-electron chi connectivity index (χ2n) is 36.7. The monoisotopic (exact) mass is 1950 g/mol. The Labute approximate surface area is 791 Å². The minimum Gasteiger partial charge on any atom is -0.386 e. The highest BCUT2D eigenvalue weighted by Gasteiger charge is 2.52. The van der Waals surface area contributed by atoms with Gasteiger partial charge in [0.2, 0.25) is 0 Å². The summed E-state index contributed by atoms with van der Waals surface area (Å²) in [7, 11) is 6.02. The zero-order valence-corrected chi connectivity index (χ0v) is 77.5. The number of aromatic nitrogens is 12. The van der Waals surface area contributed by atoms with Crippen molar-refractivity contribution in [2.45, 2.75) is 165 Å². The second-order valence-corrected chi connectivity index (χ2v) is 36.7. The van der Waals surface area contributed by atoms with Gasteiger partial charge in [0, 0.05) is 82.1 Å². The number of aryl methyl sites for hydroxylation is 4. The molecule has 5 N–H and O–H groups in total. The molecule has 8 aromatic heterocycles. The van der Waals surface area contributed by atoms with E-state index in [-0.39, 0.29) is 126 Å². The zero-order valence-electron chi connectivity index (χ0n) is 77.5. The number of carbonyl (C=O) groups excluding carboxylic acids is 4. The van der Waals surface area contributed by atoms with Crippen molar-refractivity contribution in [3.8, 4) is 0 Å². The molecule has 140 heavy (non-hydrogen) atoms. The number of pyridine rings is 4. The molecule has 7 aliphatic rings. The van der Waals surface area contributed by atoms with Crippen LogP contribution in [0.2, 0.25) is 0 Å². The average Bonchev–Trinajstić information content (AvgIpc) is 1.01. The second kappa shape index (κ2) is 39.8. The van der Waals surface area contributed by atoms with Crippen LogP contribution < -0.4 is 43.5 Å². The molecule has 3 spiro atoms. The number of nitrogens with zero attached hydrogens (tertiary/aromatic N) is 16. The predicted octanol–water partition coefficient (Wildman–Crippen LogP) is 15.3. The summed E-state index contributed by atoms with van der Waals surface area (Å²) in [6, 6.07) is 18.0. The number of rotatable bonds is 21. The van der Waals surface area contributed by atoms with Crippen molar-refractivity contribution < 1.29 is 86.4 Å². The summed E-state index contributed by atoms with van der Waals surface area (Å²) in [5.74, 6) is -4.67. The number of amides is 4. The smallest absolute Gasteiger partial charge is 0.266 e. The summed E-state index contributed by atoms with van der Waals surface area (Å²) in [6.07, 6.45) is 2.92. The van der Waals surface area contributed by atoms with E-state index in [1.165, 1.54) is 169 Å². The van der Waals surface area contributed by atoms with Crippen LogP contribution in [0, 0.1) is 28.7 Å². The fourth-order valence-electron chi connectivity index (χ4n) is 19.5. The number of benzene rings is 4. The third kappa shape index (κ3) is 19.0. The van der Waals surface area contributed by atoms with Crippen molar-refractivity contribution in [2.24, 2.45) is 33.6 Å². The summed E-state index contributed by atoms with van der Waals surface area (Å²) >= 11 is 0. The third-order valence-electron chi connectivity index (χ3n) is 27.6. The van der Waals surface area contributed by atoms with Crippen LogP contribution in [0.4, 0.5) is 76.0 Å². The van der Waals surface area contributed by atoms with Gasteiger partial charge in [-0.25, -0.2) is 92.6 Å². The quantitative estimate of drug-likeness (QED) is 0.0417. The fraction of sp³-hybridized carbons (Fsp3) is 0.423. The Hall–Kier alpha value is -13.8. The zero-order chi connectivity index (χ0) is 100. The SMILES string of the molecule is CCC1(O)CN(C(=O)c2cc3c(N[C@H](C)c4cccc(C(F)F)c4F)ncnc3n(C)c2=O)C1.C[C@@H](Nc1ncnc2c1cc(C(=O)N1CC3(CCCCC3)C1)c(=O)n2C)c1cccc(C(F)F)c1F.C[C@@H](Nc1ncnc2c1cc(C(=O)N1CC3(CCCO3)C1)c(=O)n2C)c1cccc(C(F)F)c1F.C[C@@H](Nc1ncnc2c1cc(C(=O)N1CCCC13COC3)c(=O)n2C)c1cccc(C(F)F)c1F. The van der Waals surface area contributed by atoms with E-state index in [1.807, 2.05) is 6.92 Å². The molecule has 6 saturated heterocycles. The Morgan fingerprint density at radius 3 is 0.979 bits per heavy atom. The van der Waals surface area contributed by atoms with E-state index < -0.39 is 135 Å². The molecule has 4 aromatic carbocycles. The average molecular weight is 1950 g/mol. The van der Waals surface area contributed by atoms with E-state index in [1.54, 1.807) is 42.4 Å². The van der Waals surface area contributed by atoms with Gasteiger partial charge in [-0.3, -0.25) is 56.6 Å². The summed E-state index contributed by atoms with van der Waals surface area (Å²) in [5, 5.41) is 23.8. The molecule has 4 atom stereocenters. The molecule has 14 heterocycles. The van der Waals surface area contributed by atoms with Gasteiger partial charge in [0.25, 0.3) is 71.6 Å². The van der Waals surface area contributed by atoms with Gasteiger partial charge in [0.05, 0.1) is 118 Å². The number of carbonyl (C=O) groups is 4. The molecule has 0 bridgehead atoms. The van der Waals surface area contributed by atoms with Crippen molar-refractivity contribution in [2.75, 3.05) is 86.9 Å². The molecule has 0 unspecified atom stereocenters. The predicted molar refractivity (Wildman–Crippen MR) is 493 cm³/mol. The molecular weight excluding hydrogens is 1850 g/mol. The Kier molecular flexibility index (Phi) is 28.2. The summed E-state index contributed by atoms with van der Waals surface area (Å²) in [5.41, 5.74) is -5.10.